The molecule has 0 spiro atoms. The number of amides is 1. The summed E-state index contributed by atoms with van der Waals surface area (Å²) in [7, 11) is 1.58. The van der Waals surface area contributed by atoms with Gasteiger partial charge in [-0.2, -0.15) is 0 Å². The van der Waals surface area contributed by atoms with E-state index in [1.807, 2.05) is 4.90 Å². The van der Waals surface area contributed by atoms with Crippen LogP contribution in [0.25, 0.3) is 0 Å². The van der Waals surface area contributed by atoms with Crippen LogP contribution in [0.3, 0.4) is 0 Å². The predicted octanol–water partition coefficient (Wildman–Crippen LogP) is 2.24. The highest BCUT2D eigenvalue weighted by atomic mass is 16.5. The molecule has 0 aliphatic carbocycles. The van der Waals surface area contributed by atoms with Crippen molar-refractivity contribution >= 4 is 5.91 Å². The molecule has 1 aliphatic heterocycles. The second-order valence-electron chi connectivity index (χ2n) is 5.35. The average Bonchev–Trinajstić information content (AvgIpc) is 2.96. The average molecular weight is 296 g/mol. The molecule has 21 heavy (non-hydrogen) atoms. The van der Waals surface area contributed by atoms with Gasteiger partial charge in [0.1, 0.15) is 6.61 Å². The van der Waals surface area contributed by atoms with Crippen molar-refractivity contribution in [2.75, 3.05) is 26.8 Å². The first-order chi connectivity index (χ1) is 10.2. The van der Waals surface area contributed by atoms with Gasteiger partial charge < -0.3 is 18.9 Å². The molecular weight excluding hydrogens is 272 g/mol. The monoisotopic (exact) mass is 296 g/mol. The molecule has 0 N–H and O–H groups in total. The zero-order chi connectivity index (χ0) is 15.1. The van der Waals surface area contributed by atoms with Crippen LogP contribution >= 0.6 is 0 Å². The minimum absolute atomic E-state index is 0.0999. The molecule has 1 aromatic rings. The Labute approximate surface area is 125 Å². The van der Waals surface area contributed by atoms with E-state index in [0.717, 1.165) is 25.9 Å². The van der Waals surface area contributed by atoms with Gasteiger partial charge in [-0.25, -0.2) is 0 Å². The molecule has 1 aliphatic rings. The SMILES string of the molecule is CCCN(CC1CCCCO1)C(=O)c1cc(COC)on1. The van der Waals surface area contributed by atoms with Gasteiger partial charge in [0.25, 0.3) is 5.91 Å². The van der Waals surface area contributed by atoms with Gasteiger partial charge in [-0.05, 0) is 25.7 Å². The van der Waals surface area contributed by atoms with E-state index in [2.05, 4.69) is 12.1 Å². The molecule has 1 aromatic heterocycles. The van der Waals surface area contributed by atoms with E-state index in [4.69, 9.17) is 14.0 Å². The Morgan fingerprint density at radius 2 is 2.38 bits per heavy atom. The lowest BCUT2D eigenvalue weighted by molar-refractivity contribution is -0.00403. The van der Waals surface area contributed by atoms with Gasteiger partial charge in [0.05, 0.1) is 6.10 Å². The Bertz CT molecular complexity index is 441. The van der Waals surface area contributed by atoms with Gasteiger partial charge >= 0.3 is 0 Å². The number of hydrogen-bond donors (Lipinski definition) is 0. The minimum Gasteiger partial charge on any atom is -0.377 e. The van der Waals surface area contributed by atoms with Crippen LogP contribution in [0, 0.1) is 0 Å². The first kappa shape index (κ1) is 16.0. The van der Waals surface area contributed by atoms with Crippen molar-refractivity contribution < 1.29 is 18.8 Å². The zero-order valence-corrected chi connectivity index (χ0v) is 12.8. The molecule has 1 amide bonds. The molecule has 0 saturated carbocycles. The Morgan fingerprint density at radius 1 is 1.52 bits per heavy atom. The molecule has 2 rings (SSSR count). The molecule has 118 valence electrons. The third-order valence-corrected chi connectivity index (χ3v) is 3.54. The standard InChI is InChI=1S/C15H24N2O4/c1-3-7-17(10-12-6-4-5-8-20-12)15(18)14-9-13(11-19-2)21-16-14/h9,12H,3-8,10-11H2,1-2H3. The van der Waals surface area contributed by atoms with Gasteiger partial charge in [-0.15, -0.1) is 0 Å². The van der Waals surface area contributed by atoms with E-state index in [0.29, 0.717) is 31.2 Å². The lowest BCUT2D eigenvalue weighted by Gasteiger charge is -2.29. The van der Waals surface area contributed by atoms with Crippen molar-refractivity contribution in [2.45, 2.75) is 45.3 Å². The number of rotatable bonds is 7. The summed E-state index contributed by atoms with van der Waals surface area (Å²) in [6, 6.07) is 1.65. The Balaban J connectivity index is 1.99. The van der Waals surface area contributed by atoms with Crippen LogP contribution in [0.15, 0.2) is 10.6 Å². The summed E-state index contributed by atoms with van der Waals surface area (Å²) in [5.74, 6) is 0.461. The fraction of sp³-hybridized carbons (Fsp3) is 0.733. The van der Waals surface area contributed by atoms with Gasteiger partial charge in [0.15, 0.2) is 11.5 Å². The van der Waals surface area contributed by atoms with E-state index in [1.54, 1.807) is 13.2 Å². The molecule has 1 fully saturated rings. The number of carbonyl (C=O) groups excluding carboxylic acids is 1. The maximum absolute atomic E-state index is 12.5. The van der Waals surface area contributed by atoms with Crippen LogP contribution in [-0.4, -0.2) is 48.9 Å². The summed E-state index contributed by atoms with van der Waals surface area (Å²) < 4.78 is 15.8. The van der Waals surface area contributed by atoms with Crippen LogP contribution in [0.2, 0.25) is 0 Å². The molecule has 2 heterocycles. The quantitative estimate of drug-likeness (QED) is 0.772. The highest BCUT2D eigenvalue weighted by Gasteiger charge is 2.24. The maximum atomic E-state index is 12.5. The normalized spacial score (nSPS) is 18.7. The summed E-state index contributed by atoms with van der Waals surface area (Å²) >= 11 is 0. The number of aromatic nitrogens is 1. The van der Waals surface area contributed by atoms with E-state index < -0.39 is 0 Å². The fourth-order valence-electron chi connectivity index (χ4n) is 2.53. The van der Waals surface area contributed by atoms with E-state index in [9.17, 15) is 4.79 Å². The highest BCUT2D eigenvalue weighted by molar-refractivity contribution is 5.92. The van der Waals surface area contributed by atoms with E-state index >= 15 is 0 Å². The number of methoxy groups -OCH3 is 1. The Morgan fingerprint density at radius 3 is 3.05 bits per heavy atom. The third-order valence-electron chi connectivity index (χ3n) is 3.54. The summed E-state index contributed by atoms with van der Waals surface area (Å²) in [6.45, 7) is 4.49. The second kappa shape index (κ2) is 8.14. The number of carbonyl (C=O) groups is 1. The molecule has 6 heteroatoms. The van der Waals surface area contributed by atoms with Gasteiger partial charge in [0, 0.05) is 32.9 Å². The molecule has 0 radical (unpaired) electrons. The highest BCUT2D eigenvalue weighted by Crippen LogP contribution is 2.16. The molecule has 0 bridgehead atoms. The number of hydrogen-bond acceptors (Lipinski definition) is 5. The van der Waals surface area contributed by atoms with Gasteiger partial charge in [-0.3, -0.25) is 4.79 Å². The molecular formula is C15H24N2O4. The molecule has 1 saturated heterocycles. The number of nitrogens with zero attached hydrogens (tertiary/aromatic N) is 2. The molecule has 6 nitrogen and oxygen atoms in total. The van der Waals surface area contributed by atoms with Crippen LogP contribution in [0.4, 0.5) is 0 Å². The van der Waals surface area contributed by atoms with Crippen molar-refractivity contribution in [3.63, 3.8) is 0 Å². The van der Waals surface area contributed by atoms with Crippen LogP contribution in [-0.2, 0) is 16.1 Å². The summed E-state index contributed by atoms with van der Waals surface area (Å²) in [5, 5.41) is 3.84. The van der Waals surface area contributed by atoms with Crippen molar-refractivity contribution in [3.8, 4) is 0 Å². The maximum Gasteiger partial charge on any atom is 0.276 e. The minimum atomic E-state index is -0.0999. The second-order valence-corrected chi connectivity index (χ2v) is 5.35. The van der Waals surface area contributed by atoms with Crippen LogP contribution in [0.1, 0.15) is 48.9 Å². The van der Waals surface area contributed by atoms with Crippen molar-refractivity contribution in [3.05, 3.63) is 17.5 Å². The number of ether oxygens (including phenoxy) is 2. The predicted molar refractivity (Wildman–Crippen MR) is 77.0 cm³/mol. The van der Waals surface area contributed by atoms with Crippen LogP contribution in [0.5, 0.6) is 0 Å². The summed E-state index contributed by atoms with van der Waals surface area (Å²) in [4.78, 5) is 14.3. The largest absolute Gasteiger partial charge is 0.377 e. The smallest absolute Gasteiger partial charge is 0.276 e. The lowest BCUT2D eigenvalue weighted by atomic mass is 10.1. The first-order valence-electron chi connectivity index (χ1n) is 7.60. The Kier molecular flexibility index (Phi) is 6.20. The van der Waals surface area contributed by atoms with Crippen molar-refractivity contribution in [1.29, 1.82) is 0 Å². The van der Waals surface area contributed by atoms with E-state index in [1.165, 1.54) is 6.42 Å². The summed E-state index contributed by atoms with van der Waals surface area (Å²) in [5.41, 5.74) is 0.339. The van der Waals surface area contributed by atoms with Crippen molar-refractivity contribution in [2.24, 2.45) is 0 Å². The zero-order valence-electron chi connectivity index (χ0n) is 12.8. The third kappa shape index (κ3) is 4.54. The molecule has 0 aromatic carbocycles. The van der Waals surface area contributed by atoms with Gasteiger partial charge in [0.2, 0.25) is 0 Å². The van der Waals surface area contributed by atoms with E-state index in [-0.39, 0.29) is 12.0 Å². The summed E-state index contributed by atoms with van der Waals surface area (Å²) in [6.07, 6.45) is 4.34. The van der Waals surface area contributed by atoms with Crippen molar-refractivity contribution in [1.82, 2.24) is 10.1 Å². The van der Waals surface area contributed by atoms with Gasteiger partial charge in [-0.1, -0.05) is 12.1 Å². The lowest BCUT2D eigenvalue weighted by Crippen LogP contribution is -2.40. The molecule has 1 atom stereocenters. The van der Waals surface area contributed by atoms with Crippen LogP contribution < -0.4 is 0 Å². The molecule has 1 unspecified atom stereocenters. The topological polar surface area (TPSA) is 64.8 Å². The Hall–Kier alpha value is -1.40. The first-order valence-corrected chi connectivity index (χ1v) is 7.60. The fourth-order valence-corrected chi connectivity index (χ4v) is 2.53.